The first kappa shape index (κ1) is 21.9. The lowest BCUT2D eigenvalue weighted by molar-refractivity contribution is -0.122. The molecule has 1 fully saturated rings. The van der Waals surface area contributed by atoms with Crippen LogP contribution in [0.5, 0.6) is 0 Å². The highest BCUT2D eigenvalue weighted by molar-refractivity contribution is 7.17. The molecule has 3 aromatic heterocycles. The molecule has 35 heavy (non-hydrogen) atoms. The van der Waals surface area contributed by atoms with Crippen LogP contribution in [0, 0.1) is 0 Å². The molecule has 2 amide bonds. The van der Waals surface area contributed by atoms with Crippen LogP contribution in [0.4, 0.5) is 5.95 Å². The molecule has 2 unspecified atom stereocenters. The van der Waals surface area contributed by atoms with E-state index < -0.39 is 17.4 Å². The summed E-state index contributed by atoms with van der Waals surface area (Å²) in [5, 5.41) is 5.13. The number of thiophene rings is 1. The molecular weight excluding hydrogens is 464 g/mol. The van der Waals surface area contributed by atoms with E-state index in [-0.39, 0.29) is 11.7 Å². The molecule has 9 nitrogen and oxygen atoms in total. The Balaban J connectivity index is 1.56. The van der Waals surface area contributed by atoms with Crippen LogP contribution in [0.2, 0.25) is 0 Å². The number of anilines is 1. The number of piperidine rings is 1. The van der Waals surface area contributed by atoms with Crippen LogP contribution in [0.3, 0.4) is 0 Å². The smallest absolute Gasteiger partial charge is 0.261 e. The van der Waals surface area contributed by atoms with Gasteiger partial charge in [-0.2, -0.15) is 0 Å². The van der Waals surface area contributed by atoms with E-state index >= 15 is 0 Å². The number of benzene rings is 1. The number of methoxy groups -OCH3 is 1. The molecule has 2 aliphatic rings. The number of nitrogens with one attached hydrogen (secondary N) is 2. The minimum atomic E-state index is -0.464. The van der Waals surface area contributed by atoms with Crippen molar-refractivity contribution >= 4 is 61.4 Å². The highest BCUT2D eigenvalue weighted by Crippen LogP contribution is 2.38. The molecule has 5 heterocycles. The first-order valence-electron chi connectivity index (χ1n) is 11.4. The average Bonchev–Trinajstić information content (AvgIpc) is 3.53. The summed E-state index contributed by atoms with van der Waals surface area (Å²) < 4.78 is 6.58. The van der Waals surface area contributed by atoms with E-state index in [1.165, 1.54) is 11.3 Å². The number of hydrogen-bond acceptors (Lipinski definition) is 8. The number of nitrogens with zero attached hydrogens (tertiary/aromatic N) is 3. The van der Waals surface area contributed by atoms with Crippen LogP contribution in [-0.2, 0) is 14.3 Å². The van der Waals surface area contributed by atoms with E-state index in [4.69, 9.17) is 20.4 Å². The van der Waals surface area contributed by atoms with Crippen LogP contribution in [-0.4, -0.2) is 58.6 Å². The van der Waals surface area contributed by atoms with E-state index in [2.05, 4.69) is 10.3 Å². The molecule has 2 aliphatic heterocycles. The van der Waals surface area contributed by atoms with Crippen molar-refractivity contribution in [1.82, 2.24) is 20.3 Å². The van der Waals surface area contributed by atoms with Crippen molar-refractivity contribution in [3.8, 4) is 0 Å². The van der Waals surface area contributed by atoms with E-state index in [1.54, 1.807) is 13.3 Å². The van der Waals surface area contributed by atoms with Crippen molar-refractivity contribution in [1.29, 1.82) is 0 Å². The molecule has 2 atom stereocenters. The molecule has 1 aromatic carbocycles. The largest absolute Gasteiger partial charge is 0.378 e. The van der Waals surface area contributed by atoms with Crippen molar-refractivity contribution in [3.63, 3.8) is 0 Å². The number of H-pyrrole nitrogens is 1. The quantitative estimate of drug-likeness (QED) is 0.377. The lowest BCUT2D eigenvalue weighted by Gasteiger charge is -2.42. The fourth-order valence-electron chi connectivity index (χ4n) is 4.93. The summed E-state index contributed by atoms with van der Waals surface area (Å²) in [6.45, 7) is 3.15. The van der Waals surface area contributed by atoms with Gasteiger partial charge in [-0.3, -0.25) is 14.9 Å². The molecule has 4 N–H and O–H groups in total. The molecule has 178 valence electrons. The molecular formula is C25H24N6O3S. The van der Waals surface area contributed by atoms with Crippen molar-refractivity contribution in [3.05, 3.63) is 53.2 Å². The highest BCUT2D eigenvalue weighted by atomic mass is 32.1. The number of aromatic nitrogens is 3. The lowest BCUT2D eigenvalue weighted by atomic mass is 9.88. The number of fused-ring (bicyclic) bond motifs is 2. The Kier molecular flexibility index (Phi) is 4.99. The summed E-state index contributed by atoms with van der Waals surface area (Å²) in [5.41, 5.74) is 9.29. The van der Waals surface area contributed by atoms with Crippen LogP contribution in [0.1, 0.15) is 24.6 Å². The minimum Gasteiger partial charge on any atom is -0.378 e. The Morgan fingerprint density at radius 2 is 1.97 bits per heavy atom. The third-order valence-corrected chi connectivity index (χ3v) is 7.87. The Hall–Kier alpha value is -3.60. The second-order valence-corrected chi connectivity index (χ2v) is 10.1. The summed E-state index contributed by atoms with van der Waals surface area (Å²) in [4.78, 5) is 41.1. The summed E-state index contributed by atoms with van der Waals surface area (Å²) in [6.07, 6.45) is 2.27. The molecule has 6 rings (SSSR count). The number of imide groups is 1. The van der Waals surface area contributed by atoms with Crippen molar-refractivity contribution in [2.24, 2.45) is 5.73 Å². The molecule has 0 saturated carbocycles. The number of carbonyl (C=O) groups is 2. The molecule has 0 bridgehead atoms. The van der Waals surface area contributed by atoms with Gasteiger partial charge in [0.15, 0.2) is 0 Å². The monoisotopic (exact) mass is 488 g/mol. The van der Waals surface area contributed by atoms with Crippen LogP contribution < -0.4 is 16.0 Å². The zero-order valence-electron chi connectivity index (χ0n) is 19.3. The van der Waals surface area contributed by atoms with E-state index in [0.29, 0.717) is 53.2 Å². The predicted octanol–water partition coefficient (Wildman–Crippen LogP) is 2.68. The second-order valence-electron chi connectivity index (χ2n) is 9.21. The molecule has 0 aliphatic carbocycles. The maximum absolute atomic E-state index is 13.2. The number of ether oxygens (including phenoxy) is 1. The number of amides is 2. The number of hydrogen-bond donors (Lipinski definition) is 3. The number of rotatable bonds is 4. The normalized spacial score (nSPS) is 23.1. The van der Waals surface area contributed by atoms with Crippen molar-refractivity contribution in [2.45, 2.75) is 25.0 Å². The highest BCUT2D eigenvalue weighted by Gasteiger charge is 2.39. The molecule has 0 radical (unpaired) electrons. The standard InChI is InChI=1S/C25H24N6O3S/c1-25(26)8-9-31(12-17(25)34-2)24-28-15-6-4-3-5-13(15)20(29-24)19-18(22(32)30-23(19)33)14-11-27-16-7-10-35-21(14)16/h3-7,10-11,17,27H,8-9,12,26H2,1-2H3,(H,30,32,33). The van der Waals surface area contributed by atoms with Gasteiger partial charge in [-0.1, -0.05) is 18.2 Å². The van der Waals surface area contributed by atoms with Gasteiger partial charge in [-0.25, -0.2) is 9.97 Å². The molecule has 1 saturated heterocycles. The Morgan fingerprint density at radius 3 is 2.80 bits per heavy atom. The number of para-hydroxylation sites is 1. The van der Waals surface area contributed by atoms with Crippen LogP contribution in [0.25, 0.3) is 32.3 Å². The Morgan fingerprint density at radius 1 is 1.17 bits per heavy atom. The predicted molar refractivity (Wildman–Crippen MR) is 136 cm³/mol. The van der Waals surface area contributed by atoms with Crippen molar-refractivity contribution in [2.75, 3.05) is 25.1 Å². The molecule has 10 heteroatoms. The van der Waals surface area contributed by atoms with Gasteiger partial charge in [0.1, 0.15) is 0 Å². The minimum absolute atomic E-state index is 0.201. The third kappa shape index (κ3) is 3.44. The third-order valence-electron chi connectivity index (χ3n) is 6.92. The number of nitrogens with two attached hydrogens (primary N) is 1. The van der Waals surface area contributed by atoms with Gasteiger partial charge in [0.2, 0.25) is 5.95 Å². The maximum Gasteiger partial charge on any atom is 0.261 e. The van der Waals surface area contributed by atoms with Gasteiger partial charge in [0, 0.05) is 42.9 Å². The SMILES string of the molecule is COC1CN(c2nc(C3=C(c4c[nH]c5ccsc45)C(=O)NC3=O)c3ccccc3n2)CCC1(C)N. The second kappa shape index (κ2) is 7.98. The van der Waals surface area contributed by atoms with Gasteiger partial charge >= 0.3 is 0 Å². The zero-order valence-corrected chi connectivity index (χ0v) is 20.1. The summed E-state index contributed by atoms with van der Waals surface area (Å²) in [6, 6.07) is 9.48. The van der Waals surface area contributed by atoms with E-state index in [1.807, 2.05) is 47.5 Å². The van der Waals surface area contributed by atoms with Gasteiger partial charge in [-0.05, 0) is 30.9 Å². The maximum atomic E-state index is 13.2. The van der Waals surface area contributed by atoms with Gasteiger partial charge in [-0.15, -0.1) is 11.3 Å². The average molecular weight is 489 g/mol. The van der Waals surface area contributed by atoms with Crippen LogP contribution >= 0.6 is 11.3 Å². The van der Waals surface area contributed by atoms with E-state index in [0.717, 1.165) is 10.2 Å². The zero-order chi connectivity index (χ0) is 24.3. The van der Waals surface area contributed by atoms with Gasteiger partial charge in [0.25, 0.3) is 11.8 Å². The fourth-order valence-corrected chi connectivity index (χ4v) is 5.81. The fraction of sp³-hybridized carbons (Fsp3) is 0.280. The first-order valence-corrected chi connectivity index (χ1v) is 12.2. The topological polar surface area (TPSA) is 126 Å². The van der Waals surface area contributed by atoms with Gasteiger partial charge < -0.3 is 20.4 Å². The number of carbonyl (C=O) groups excluding carboxylic acids is 2. The summed E-state index contributed by atoms with van der Waals surface area (Å²) >= 11 is 1.52. The van der Waals surface area contributed by atoms with Crippen LogP contribution in [0.15, 0.2) is 41.9 Å². The molecule has 0 spiro atoms. The Labute approximate surface area is 205 Å². The summed E-state index contributed by atoms with van der Waals surface area (Å²) in [5.74, 6) is -0.417. The Bertz CT molecular complexity index is 1530. The van der Waals surface area contributed by atoms with E-state index in [9.17, 15) is 9.59 Å². The van der Waals surface area contributed by atoms with Gasteiger partial charge in [0.05, 0.1) is 38.7 Å². The first-order chi connectivity index (χ1) is 16.9. The molecule has 4 aromatic rings. The van der Waals surface area contributed by atoms with Crippen molar-refractivity contribution < 1.29 is 14.3 Å². The number of aromatic amines is 1. The lowest BCUT2D eigenvalue weighted by Crippen LogP contribution is -2.60. The summed E-state index contributed by atoms with van der Waals surface area (Å²) in [7, 11) is 1.65.